The molecule has 2 aromatic rings. The SMILES string of the molecule is CC(C)c1cccc(-c2ccc(F)cc2F)c1. The molecule has 0 spiro atoms. The van der Waals surface area contributed by atoms with Crippen LogP contribution in [0, 0.1) is 11.6 Å². The Morgan fingerprint density at radius 3 is 2.35 bits per heavy atom. The van der Waals surface area contributed by atoms with Crippen LogP contribution in [0.2, 0.25) is 0 Å². The van der Waals surface area contributed by atoms with Gasteiger partial charge in [-0.1, -0.05) is 38.1 Å². The van der Waals surface area contributed by atoms with Gasteiger partial charge in [0.05, 0.1) is 0 Å². The first-order chi connectivity index (χ1) is 8.08. The van der Waals surface area contributed by atoms with E-state index in [1.54, 1.807) is 0 Å². The summed E-state index contributed by atoms with van der Waals surface area (Å²) in [5, 5.41) is 0. The fourth-order valence-corrected chi connectivity index (χ4v) is 1.79. The van der Waals surface area contributed by atoms with E-state index in [1.807, 2.05) is 24.3 Å². The molecule has 0 nitrogen and oxygen atoms in total. The van der Waals surface area contributed by atoms with Gasteiger partial charge < -0.3 is 0 Å². The van der Waals surface area contributed by atoms with Crippen LogP contribution in [0.5, 0.6) is 0 Å². The highest BCUT2D eigenvalue weighted by Crippen LogP contribution is 2.26. The van der Waals surface area contributed by atoms with Crippen molar-refractivity contribution in [3.8, 4) is 11.1 Å². The van der Waals surface area contributed by atoms with Crippen molar-refractivity contribution in [3.05, 3.63) is 59.7 Å². The zero-order valence-corrected chi connectivity index (χ0v) is 9.87. The molecule has 0 saturated carbocycles. The van der Waals surface area contributed by atoms with Gasteiger partial charge in [-0.2, -0.15) is 0 Å². The lowest BCUT2D eigenvalue weighted by Gasteiger charge is -2.09. The Morgan fingerprint density at radius 1 is 0.941 bits per heavy atom. The fraction of sp³-hybridized carbons (Fsp3) is 0.200. The molecule has 2 rings (SSSR count). The van der Waals surface area contributed by atoms with Gasteiger partial charge in [-0.15, -0.1) is 0 Å². The summed E-state index contributed by atoms with van der Waals surface area (Å²) >= 11 is 0. The molecule has 2 heteroatoms. The molecular weight excluding hydrogens is 218 g/mol. The van der Waals surface area contributed by atoms with Crippen LogP contribution in [0.4, 0.5) is 8.78 Å². The minimum Gasteiger partial charge on any atom is -0.207 e. The molecule has 0 N–H and O–H groups in total. The molecule has 0 unspecified atom stereocenters. The van der Waals surface area contributed by atoms with E-state index in [0.29, 0.717) is 11.5 Å². The fourth-order valence-electron chi connectivity index (χ4n) is 1.79. The summed E-state index contributed by atoms with van der Waals surface area (Å²) in [4.78, 5) is 0. The van der Waals surface area contributed by atoms with Crippen LogP contribution in [0.25, 0.3) is 11.1 Å². The topological polar surface area (TPSA) is 0 Å². The molecule has 0 aliphatic rings. The highest BCUT2D eigenvalue weighted by Gasteiger charge is 2.07. The molecule has 0 aromatic heterocycles. The number of rotatable bonds is 2. The van der Waals surface area contributed by atoms with Crippen LogP contribution in [-0.2, 0) is 0 Å². The molecule has 0 heterocycles. The molecule has 0 radical (unpaired) electrons. The van der Waals surface area contributed by atoms with Crippen LogP contribution in [0.15, 0.2) is 42.5 Å². The van der Waals surface area contributed by atoms with Crippen molar-refractivity contribution in [3.63, 3.8) is 0 Å². The van der Waals surface area contributed by atoms with Crippen LogP contribution in [-0.4, -0.2) is 0 Å². The number of halogens is 2. The van der Waals surface area contributed by atoms with Crippen LogP contribution < -0.4 is 0 Å². The van der Waals surface area contributed by atoms with Crippen LogP contribution >= 0.6 is 0 Å². The monoisotopic (exact) mass is 232 g/mol. The zero-order chi connectivity index (χ0) is 12.4. The van der Waals surface area contributed by atoms with E-state index in [2.05, 4.69) is 13.8 Å². The minimum absolute atomic E-state index is 0.387. The second kappa shape index (κ2) is 4.66. The predicted molar refractivity (Wildman–Crippen MR) is 65.9 cm³/mol. The summed E-state index contributed by atoms with van der Waals surface area (Å²) in [6.07, 6.45) is 0. The molecule has 0 aliphatic carbocycles. The molecule has 0 saturated heterocycles. The van der Waals surface area contributed by atoms with Crippen molar-refractivity contribution < 1.29 is 8.78 Å². The largest absolute Gasteiger partial charge is 0.207 e. The van der Waals surface area contributed by atoms with Crippen molar-refractivity contribution in [1.29, 1.82) is 0 Å². The first-order valence-corrected chi connectivity index (χ1v) is 5.63. The Hall–Kier alpha value is -1.70. The number of hydrogen-bond donors (Lipinski definition) is 0. The van der Waals surface area contributed by atoms with Crippen molar-refractivity contribution in [2.45, 2.75) is 19.8 Å². The summed E-state index contributed by atoms with van der Waals surface area (Å²) in [5.41, 5.74) is 2.37. The van der Waals surface area contributed by atoms with E-state index in [0.717, 1.165) is 17.2 Å². The lowest BCUT2D eigenvalue weighted by Crippen LogP contribution is -1.90. The Kier molecular flexibility index (Phi) is 3.23. The lowest BCUT2D eigenvalue weighted by atomic mass is 9.97. The molecular formula is C15H14F2. The van der Waals surface area contributed by atoms with Gasteiger partial charge in [0.1, 0.15) is 11.6 Å². The molecule has 0 aliphatic heterocycles. The Labute approximate surface area is 99.9 Å². The molecule has 17 heavy (non-hydrogen) atoms. The zero-order valence-electron chi connectivity index (χ0n) is 9.87. The second-order valence-electron chi connectivity index (χ2n) is 4.40. The molecule has 0 atom stereocenters. The van der Waals surface area contributed by atoms with Crippen molar-refractivity contribution in [2.24, 2.45) is 0 Å². The van der Waals surface area contributed by atoms with E-state index >= 15 is 0 Å². The number of hydrogen-bond acceptors (Lipinski definition) is 0. The quantitative estimate of drug-likeness (QED) is 0.700. The third-order valence-corrected chi connectivity index (χ3v) is 2.80. The molecule has 0 amide bonds. The smallest absolute Gasteiger partial charge is 0.133 e. The van der Waals surface area contributed by atoms with Crippen molar-refractivity contribution in [1.82, 2.24) is 0 Å². The van der Waals surface area contributed by atoms with Crippen molar-refractivity contribution >= 4 is 0 Å². The van der Waals surface area contributed by atoms with Gasteiger partial charge in [-0.05, 0) is 29.2 Å². The third kappa shape index (κ3) is 2.52. The van der Waals surface area contributed by atoms with Crippen molar-refractivity contribution in [2.75, 3.05) is 0 Å². The average molecular weight is 232 g/mol. The minimum atomic E-state index is -0.550. The Balaban J connectivity index is 2.49. The molecule has 88 valence electrons. The standard InChI is InChI=1S/C15H14F2/c1-10(2)11-4-3-5-12(8-11)14-7-6-13(16)9-15(14)17/h3-10H,1-2H3. The average Bonchev–Trinajstić information content (AvgIpc) is 2.29. The molecule has 2 aromatic carbocycles. The Morgan fingerprint density at radius 2 is 1.71 bits per heavy atom. The number of benzene rings is 2. The van der Waals surface area contributed by atoms with Gasteiger partial charge in [-0.25, -0.2) is 8.78 Å². The van der Waals surface area contributed by atoms with E-state index in [-0.39, 0.29) is 0 Å². The third-order valence-electron chi connectivity index (χ3n) is 2.80. The van der Waals surface area contributed by atoms with E-state index in [9.17, 15) is 8.78 Å². The Bertz CT molecular complexity index is 530. The van der Waals surface area contributed by atoms with Gasteiger partial charge in [0, 0.05) is 11.6 Å². The van der Waals surface area contributed by atoms with Gasteiger partial charge in [0.25, 0.3) is 0 Å². The maximum absolute atomic E-state index is 13.6. The van der Waals surface area contributed by atoms with E-state index < -0.39 is 11.6 Å². The summed E-state index contributed by atoms with van der Waals surface area (Å²) < 4.78 is 26.5. The summed E-state index contributed by atoms with van der Waals surface area (Å²) in [6, 6.07) is 11.4. The van der Waals surface area contributed by atoms with Gasteiger partial charge in [0.2, 0.25) is 0 Å². The maximum Gasteiger partial charge on any atom is 0.133 e. The second-order valence-corrected chi connectivity index (χ2v) is 4.40. The maximum atomic E-state index is 13.6. The predicted octanol–water partition coefficient (Wildman–Crippen LogP) is 4.76. The summed E-state index contributed by atoms with van der Waals surface area (Å²) in [6.45, 7) is 4.17. The van der Waals surface area contributed by atoms with Crippen LogP contribution in [0.3, 0.4) is 0 Å². The molecule has 0 bridgehead atoms. The highest BCUT2D eigenvalue weighted by molar-refractivity contribution is 5.65. The molecule has 0 fully saturated rings. The summed E-state index contributed by atoms with van der Waals surface area (Å²) in [5.74, 6) is -0.685. The van der Waals surface area contributed by atoms with Crippen LogP contribution in [0.1, 0.15) is 25.3 Å². The summed E-state index contributed by atoms with van der Waals surface area (Å²) in [7, 11) is 0. The first-order valence-electron chi connectivity index (χ1n) is 5.63. The lowest BCUT2D eigenvalue weighted by molar-refractivity contribution is 0.585. The van der Waals surface area contributed by atoms with Gasteiger partial charge in [-0.3, -0.25) is 0 Å². The van der Waals surface area contributed by atoms with E-state index in [4.69, 9.17) is 0 Å². The normalized spacial score (nSPS) is 10.9. The van der Waals surface area contributed by atoms with E-state index in [1.165, 1.54) is 12.1 Å². The van der Waals surface area contributed by atoms with Gasteiger partial charge in [0.15, 0.2) is 0 Å². The first kappa shape index (κ1) is 11.8. The van der Waals surface area contributed by atoms with Gasteiger partial charge >= 0.3 is 0 Å². The highest BCUT2D eigenvalue weighted by atomic mass is 19.1.